The van der Waals surface area contributed by atoms with E-state index in [1.165, 1.54) is 25.8 Å². The second-order valence-corrected chi connectivity index (χ2v) is 3.16. The Kier molecular flexibility index (Phi) is 6.24. The fourth-order valence-corrected chi connectivity index (χ4v) is 0.995. The average Bonchev–Trinajstić information content (AvgIpc) is 2.03. The van der Waals surface area contributed by atoms with Crippen molar-refractivity contribution in [3.8, 4) is 0 Å². The molecule has 0 heterocycles. The van der Waals surface area contributed by atoms with Gasteiger partial charge in [0.2, 0.25) is 0 Å². The monoisotopic (exact) mass is 155 g/mol. The summed E-state index contributed by atoms with van der Waals surface area (Å²) in [5.41, 5.74) is 0. The van der Waals surface area contributed by atoms with Gasteiger partial charge in [0.15, 0.2) is 0 Å². The Morgan fingerprint density at radius 3 is 2.55 bits per heavy atom. The summed E-state index contributed by atoms with van der Waals surface area (Å²) in [6.45, 7) is 9.38. The minimum Gasteiger partial charge on any atom is -0.300 e. The minimum absolute atomic E-state index is 0.520. The van der Waals surface area contributed by atoms with Crippen molar-refractivity contribution in [1.29, 1.82) is 0 Å². The average molecular weight is 155 g/mol. The zero-order chi connectivity index (χ0) is 8.69. The van der Waals surface area contributed by atoms with Gasteiger partial charge in [0.05, 0.1) is 0 Å². The lowest BCUT2D eigenvalue weighted by Crippen LogP contribution is -2.27. The smallest absolute Gasteiger partial charge is 0.0244 e. The molecule has 0 fully saturated rings. The van der Waals surface area contributed by atoms with Gasteiger partial charge >= 0.3 is 0 Å². The predicted molar refractivity (Wildman–Crippen MR) is 51.8 cm³/mol. The standard InChI is InChI=1S/C10H21N/c1-5-7-8-9-11(4)10(3)6-2/h6,10H,2,5,7-9H2,1,3-4H3. The molecule has 0 aliphatic rings. The van der Waals surface area contributed by atoms with Crippen molar-refractivity contribution in [2.45, 2.75) is 39.2 Å². The second kappa shape index (κ2) is 6.41. The molecule has 0 saturated heterocycles. The highest BCUT2D eigenvalue weighted by Gasteiger charge is 2.02. The molecule has 0 bridgehead atoms. The predicted octanol–water partition coefficient (Wildman–Crippen LogP) is 2.68. The first kappa shape index (κ1) is 10.7. The molecule has 0 rings (SSSR count). The van der Waals surface area contributed by atoms with Gasteiger partial charge in [-0.1, -0.05) is 25.8 Å². The summed E-state index contributed by atoms with van der Waals surface area (Å²) in [6.07, 6.45) is 5.95. The maximum Gasteiger partial charge on any atom is 0.0244 e. The fraction of sp³-hybridized carbons (Fsp3) is 0.800. The zero-order valence-corrected chi connectivity index (χ0v) is 8.14. The second-order valence-electron chi connectivity index (χ2n) is 3.16. The number of hydrogen-bond acceptors (Lipinski definition) is 1. The fourth-order valence-electron chi connectivity index (χ4n) is 0.995. The van der Waals surface area contributed by atoms with Crippen LogP contribution in [0, 0.1) is 0 Å². The summed E-state index contributed by atoms with van der Waals surface area (Å²) in [5, 5.41) is 0. The van der Waals surface area contributed by atoms with Crippen molar-refractivity contribution in [1.82, 2.24) is 4.90 Å². The molecule has 0 aromatic rings. The van der Waals surface area contributed by atoms with E-state index in [-0.39, 0.29) is 0 Å². The molecular weight excluding hydrogens is 134 g/mol. The highest BCUT2D eigenvalue weighted by molar-refractivity contribution is 4.82. The molecule has 0 amide bonds. The lowest BCUT2D eigenvalue weighted by atomic mass is 10.2. The Balaban J connectivity index is 3.35. The van der Waals surface area contributed by atoms with E-state index in [1.54, 1.807) is 0 Å². The highest BCUT2D eigenvalue weighted by atomic mass is 15.1. The molecule has 0 aliphatic carbocycles. The van der Waals surface area contributed by atoms with Crippen LogP contribution in [-0.4, -0.2) is 24.5 Å². The maximum absolute atomic E-state index is 3.77. The van der Waals surface area contributed by atoms with E-state index in [0.717, 1.165) is 0 Å². The number of nitrogens with zero attached hydrogens (tertiary/aromatic N) is 1. The van der Waals surface area contributed by atoms with Gasteiger partial charge in [-0.25, -0.2) is 0 Å². The first-order valence-electron chi connectivity index (χ1n) is 4.55. The van der Waals surface area contributed by atoms with Crippen molar-refractivity contribution < 1.29 is 0 Å². The van der Waals surface area contributed by atoms with Gasteiger partial charge in [0, 0.05) is 6.04 Å². The first-order chi connectivity index (χ1) is 5.22. The third-order valence-electron chi connectivity index (χ3n) is 2.15. The highest BCUT2D eigenvalue weighted by Crippen LogP contribution is 2.00. The number of hydrogen-bond donors (Lipinski definition) is 0. The van der Waals surface area contributed by atoms with E-state index in [0.29, 0.717) is 6.04 Å². The molecular formula is C10H21N. The van der Waals surface area contributed by atoms with Crippen LogP contribution in [0.25, 0.3) is 0 Å². The molecule has 1 heteroatoms. The van der Waals surface area contributed by atoms with Gasteiger partial charge in [0.25, 0.3) is 0 Å². The molecule has 0 radical (unpaired) electrons. The van der Waals surface area contributed by atoms with Gasteiger partial charge in [0.1, 0.15) is 0 Å². The van der Waals surface area contributed by atoms with Crippen molar-refractivity contribution >= 4 is 0 Å². The third-order valence-corrected chi connectivity index (χ3v) is 2.15. The van der Waals surface area contributed by atoms with E-state index >= 15 is 0 Å². The van der Waals surface area contributed by atoms with Crippen LogP contribution in [0.15, 0.2) is 12.7 Å². The minimum atomic E-state index is 0.520. The maximum atomic E-state index is 3.77. The summed E-state index contributed by atoms with van der Waals surface area (Å²) in [5.74, 6) is 0. The number of likely N-dealkylation sites (N-methyl/N-ethyl adjacent to an activating group) is 1. The molecule has 0 N–H and O–H groups in total. The van der Waals surface area contributed by atoms with Crippen LogP contribution in [0.4, 0.5) is 0 Å². The van der Waals surface area contributed by atoms with E-state index in [4.69, 9.17) is 0 Å². The van der Waals surface area contributed by atoms with Crippen LogP contribution in [0.2, 0.25) is 0 Å². The molecule has 11 heavy (non-hydrogen) atoms. The molecule has 0 aromatic heterocycles. The van der Waals surface area contributed by atoms with Crippen molar-refractivity contribution in [3.63, 3.8) is 0 Å². The summed E-state index contributed by atoms with van der Waals surface area (Å²) in [7, 11) is 2.15. The molecule has 1 unspecified atom stereocenters. The van der Waals surface area contributed by atoms with Gasteiger partial charge in [-0.15, -0.1) is 6.58 Å². The van der Waals surface area contributed by atoms with Crippen LogP contribution >= 0.6 is 0 Å². The Labute approximate surface area is 71.1 Å². The third kappa shape index (κ3) is 5.02. The number of unbranched alkanes of at least 4 members (excludes halogenated alkanes) is 2. The van der Waals surface area contributed by atoms with Crippen molar-refractivity contribution in [2.24, 2.45) is 0 Å². The quantitative estimate of drug-likeness (QED) is 0.421. The van der Waals surface area contributed by atoms with Gasteiger partial charge in [-0.05, 0) is 26.9 Å². The lowest BCUT2D eigenvalue weighted by molar-refractivity contribution is 0.290. The topological polar surface area (TPSA) is 3.24 Å². The van der Waals surface area contributed by atoms with Crippen LogP contribution < -0.4 is 0 Å². The largest absolute Gasteiger partial charge is 0.300 e. The summed E-state index contributed by atoms with van der Waals surface area (Å²) < 4.78 is 0. The number of rotatable bonds is 6. The van der Waals surface area contributed by atoms with Crippen molar-refractivity contribution in [2.75, 3.05) is 13.6 Å². The van der Waals surface area contributed by atoms with Crippen LogP contribution in [-0.2, 0) is 0 Å². The Hall–Kier alpha value is -0.300. The molecule has 1 atom stereocenters. The van der Waals surface area contributed by atoms with Crippen LogP contribution in [0.1, 0.15) is 33.1 Å². The Bertz CT molecular complexity index is 99.0. The summed E-state index contributed by atoms with van der Waals surface area (Å²) in [4.78, 5) is 2.34. The zero-order valence-electron chi connectivity index (χ0n) is 8.14. The van der Waals surface area contributed by atoms with Gasteiger partial charge in [-0.3, -0.25) is 0 Å². The molecule has 0 aliphatic heterocycles. The Morgan fingerprint density at radius 1 is 1.45 bits per heavy atom. The molecule has 0 saturated carbocycles. The molecule has 0 spiro atoms. The first-order valence-corrected chi connectivity index (χ1v) is 4.55. The molecule has 0 aromatic carbocycles. The van der Waals surface area contributed by atoms with Crippen LogP contribution in [0.3, 0.4) is 0 Å². The SMILES string of the molecule is C=CC(C)N(C)CCCCC. The van der Waals surface area contributed by atoms with Gasteiger partial charge in [-0.2, -0.15) is 0 Å². The molecule has 66 valence electrons. The van der Waals surface area contributed by atoms with Gasteiger partial charge < -0.3 is 4.90 Å². The summed E-state index contributed by atoms with van der Waals surface area (Å²) >= 11 is 0. The normalized spacial score (nSPS) is 13.5. The van der Waals surface area contributed by atoms with Crippen molar-refractivity contribution in [3.05, 3.63) is 12.7 Å². The van der Waals surface area contributed by atoms with E-state index in [1.807, 2.05) is 6.08 Å². The van der Waals surface area contributed by atoms with E-state index < -0.39 is 0 Å². The van der Waals surface area contributed by atoms with Crippen LogP contribution in [0.5, 0.6) is 0 Å². The Morgan fingerprint density at radius 2 is 2.09 bits per heavy atom. The van der Waals surface area contributed by atoms with E-state index in [2.05, 4.69) is 32.4 Å². The molecule has 1 nitrogen and oxygen atoms in total. The lowest BCUT2D eigenvalue weighted by Gasteiger charge is -2.21. The summed E-state index contributed by atoms with van der Waals surface area (Å²) in [6, 6.07) is 0.520. The van der Waals surface area contributed by atoms with E-state index in [9.17, 15) is 0 Å².